The minimum Gasteiger partial charge on any atom is -0.330 e. The summed E-state index contributed by atoms with van der Waals surface area (Å²) in [7, 11) is 0. The van der Waals surface area contributed by atoms with Crippen molar-refractivity contribution in [2.45, 2.75) is 64.2 Å². The van der Waals surface area contributed by atoms with Crippen molar-refractivity contribution >= 4 is 28.6 Å². The van der Waals surface area contributed by atoms with E-state index in [1.807, 2.05) is 4.57 Å². The van der Waals surface area contributed by atoms with Crippen molar-refractivity contribution in [1.82, 2.24) is 34.9 Å². The van der Waals surface area contributed by atoms with E-state index in [4.69, 9.17) is 21.6 Å². The molecule has 1 saturated heterocycles. The molecular weight excluding hydrogens is 505 g/mol. The Balaban J connectivity index is 1.56. The molecule has 1 atom stereocenters. The lowest BCUT2D eigenvalue weighted by molar-refractivity contribution is -0.146. The van der Waals surface area contributed by atoms with Gasteiger partial charge in [-0.25, -0.2) is 15.2 Å². The first kappa shape index (κ1) is 24.3. The number of anilines is 1. The molecule has 1 aliphatic heterocycles. The average Bonchev–Trinajstić information content (AvgIpc) is 3.44. The van der Waals surface area contributed by atoms with E-state index in [0.717, 1.165) is 25.7 Å². The van der Waals surface area contributed by atoms with Gasteiger partial charge in [0.25, 0.3) is 0 Å². The molecule has 12 heteroatoms. The van der Waals surface area contributed by atoms with Gasteiger partial charge < -0.3 is 9.47 Å². The van der Waals surface area contributed by atoms with Gasteiger partial charge in [0.1, 0.15) is 11.7 Å². The minimum absolute atomic E-state index is 0.0641. The largest absolute Gasteiger partial charge is 0.408 e. The molecule has 2 aliphatic rings. The second kappa shape index (κ2) is 9.34. The zero-order valence-electron chi connectivity index (χ0n) is 20.4. The topological polar surface area (TPSA) is 91.3 Å². The van der Waals surface area contributed by atoms with E-state index in [-0.39, 0.29) is 6.42 Å². The number of aromatic nitrogens is 7. The maximum absolute atomic E-state index is 14.1. The number of rotatable bonds is 5. The van der Waals surface area contributed by atoms with Crippen molar-refractivity contribution in [3.8, 4) is 22.8 Å². The van der Waals surface area contributed by atoms with Crippen molar-refractivity contribution < 1.29 is 13.2 Å². The highest BCUT2D eigenvalue weighted by Crippen LogP contribution is 2.41. The number of nitrogens with zero attached hydrogens (tertiary/aromatic N) is 6. The van der Waals surface area contributed by atoms with Crippen LogP contribution < -0.4 is 4.90 Å². The van der Waals surface area contributed by atoms with Crippen molar-refractivity contribution in [3.63, 3.8) is 0 Å². The summed E-state index contributed by atoms with van der Waals surface area (Å²) in [5, 5.41) is 10.1. The lowest BCUT2D eigenvalue weighted by atomic mass is 9.83. The smallest absolute Gasteiger partial charge is 0.330 e. The Morgan fingerprint density at radius 1 is 1.08 bits per heavy atom. The van der Waals surface area contributed by atoms with Gasteiger partial charge in [0.05, 0.1) is 21.7 Å². The predicted molar refractivity (Wildman–Crippen MR) is 135 cm³/mol. The summed E-state index contributed by atoms with van der Waals surface area (Å²) in [6.07, 6.45) is 3.71. The number of fused-ring (bicyclic) bond motifs is 1. The van der Waals surface area contributed by atoms with Crippen LogP contribution in [0.2, 0.25) is 5.02 Å². The Labute approximate surface area is 216 Å². The second-order valence-electron chi connectivity index (χ2n) is 10.4. The zero-order chi connectivity index (χ0) is 25.7. The number of alkyl halides is 3. The molecule has 1 unspecified atom stereocenters. The molecule has 4 aromatic heterocycles. The molecule has 0 radical (unpaired) electrons. The first-order valence-electron chi connectivity index (χ1n) is 12.7. The monoisotopic (exact) mass is 532 g/mol. The molecule has 0 bridgehead atoms. The molecule has 8 nitrogen and oxygen atoms in total. The Morgan fingerprint density at radius 2 is 1.86 bits per heavy atom. The zero-order valence-corrected chi connectivity index (χ0v) is 21.1. The highest BCUT2D eigenvalue weighted by Gasteiger charge is 2.47. The number of hydrogen-bond acceptors (Lipinski definition) is 5. The summed E-state index contributed by atoms with van der Waals surface area (Å²) in [6.45, 7) is 3.15. The standard InChI is InChI=1S/C25H28ClF3N8/c1-14-4-6-15(7-5-14)13-37-22-18(32-24(37)36-8-2-3-20(36)25(27,28)29)10-19(23-33-35-34-23)31-21(22)16-9-17(26)12-30-11-16/h9-12,14-15,20,35H,2-8,13H2,1H3,(H,33,34). The Kier molecular flexibility index (Phi) is 6.13. The van der Waals surface area contributed by atoms with E-state index < -0.39 is 12.2 Å². The molecule has 5 heterocycles. The van der Waals surface area contributed by atoms with E-state index in [9.17, 15) is 13.2 Å². The van der Waals surface area contributed by atoms with Crippen LogP contribution in [-0.2, 0) is 6.54 Å². The lowest BCUT2D eigenvalue weighted by Crippen LogP contribution is -2.42. The Bertz CT molecular complexity index is 1390. The summed E-state index contributed by atoms with van der Waals surface area (Å²) in [5.74, 6) is 1.91. The van der Waals surface area contributed by atoms with Crippen LogP contribution in [0, 0.1) is 11.8 Å². The Hall–Kier alpha value is -3.08. The van der Waals surface area contributed by atoms with Crippen LogP contribution in [0.25, 0.3) is 33.8 Å². The van der Waals surface area contributed by atoms with Crippen molar-refractivity contribution in [1.29, 1.82) is 0 Å². The van der Waals surface area contributed by atoms with Gasteiger partial charge in [-0.1, -0.05) is 31.4 Å². The molecule has 1 saturated carbocycles. The van der Waals surface area contributed by atoms with Gasteiger partial charge in [0.15, 0.2) is 5.82 Å². The highest BCUT2D eigenvalue weighted by molar-refractivity contribution is 6.30. The van der Waals surface area contributed by atoms with Crippen LogP contribution in [0.3, 0.4) is 0 Å². The Morgan fingerprint density at radius 3 is 2.54 bits per heavy atom. The van der Waals surface area contributed by atoms with E-state index in [1.54, 1.807) is 18.3 Å². The summed E-state index contributed by atoms with van der Waals surface area (Å²) in [4.78, 5) is 15.4. The normalized spacial score (nSPS) is 22.8. The quantitative estimate of drug-likeness (QED) is 0.318. The number of H-pyrrole nitrogens is 2. The number of imidazole rings is 1. The molecule has 2 N–H and O–H groups in total. The van der Waals surface area contributed by atoms with Gasteiger partial charge in [-0.15, -0.1) is 5.10 Å². The fourth-order valence-electron chi connectivity index (χ4n) is 5.75. The number of aromatic amines is 2. The maximum atomic E-state index is 14.1. The first-order chi connectivity index (χ1) is 17.8. The molecule has 4 aromatic rings. The fraction of sp³-hybridized carbons (Fsp3) is 0.520. The van der Waals surface area contributed by atoms with Crippen molar-refractivity contribution in [2.24, 2.45) is 11.8 Å². The summed E-state index contributed by atoms with van der Waals surface area (Å²) < 4.78 is 44.1. The molecule has 0 amide bonds. The molecule has 2 fully saturated rings. The molecule has 0 aromatic carbocycles. The number of hydrogen-bond donors (Lipinski definition) is 2. The third kappa shape index (κ3) is 4.58. The van der Waals surface area contributed by atoms with E-state index in [0.29, 0.717) is 76.1 Å². The summed E-state index contributed by atoms with van der Waals surface area (Å²) in [5.41, 5.74) is 3.05. The van der Waals surface area contributed by atoms with E-state index >= 15 is 0 Å². The minimum atomic E-state index is -4.33. The maximum Gasteiger partial charge on any atom is 0.408 e. The van der Waals surface area contributed by atoms with Gasteiger partial charge in [0, 0.05) is 31.0 Å². The molecule has 1 aliphatic carbocycles. The molecule has 0 spiro atoms. The number of halogens is 4. The van der Waals surface area contributed by atoms with Crippen LogP contribution in [0.5, 0.6) is 0 Å². The predicted octanol–water partition coefficient (Wildman–Crippen LogP) is 6.22. The van der Waals surface area contributed by atoms with Crippen LogP contribution in [0.15, 0.2) is 24.5 Å². The third-order valence-corrected chi connectivity index (χ3v) is 7.94. The summed E-state index contributed by atoms with van der Waals surface area (Å²) >= 11 is 6.28. The molecule has 196 valence electrons. The molecular formula is C25H28ClF3N8. The van der Waals surface area contributed by atoms with Crippen LogP contribution >= 0.6 is 11.6 Å². The number of pyridine rings is 2. The van der Waals surface area contributed by atoms with Gasteiger partial charge in [0.2, 0.25) is 5.95 Å². The third-order valence-electron chi connectivity index (χ3n) is 7.73. The van der Waals surface area contributed by atoms with Crippen LogP contribution in [0.4, 0.5) is 19.1 Å². The summed E-state index contributed by atoms with van der Waals surface area (Å²) in [6, 6.07) is 1.99. The number of nitrogens with one attached hydrogen (secondary N) is 2. The molecule has 6 rings (SSSR count). The second-order valence-corrected chi connectivity index (χ2v) is 10.8. The van der Waals surface area contributed by atoms with Gasteiger partial charge >= 0.3 is 6.18 Å². The van der Waals surface area contributed by atoms with Crippen molar-refractivity contribution in [2.75, 3.05) is 11.4 Å². The first-order valence-corrected chi connectivity index (χ1v) is 13.1. The van der Waals surface area contributed by atoms with Crippen LogP contribution in [0.1, 0.15) is 45.4 Å². The lowest BCUT2D eigenvalue weighted by Gasteiger charge is -2.31. The van der Waals surface area contributed by atoms with E-state index in [2.05, 4.69) is 27.3 Å². The van der Waals surface area contributed by atoms with Crippen LogP contribution in [-0.4, -0.2) is 53.7 Å². The van der Waals surface area contributed by atoms with Crippen molar-refractivity contribution in [3.05, 3.63) is 29.5 Å². The van der Waals surface area contributed by atoms with E-state index in [1.165, 1.54) is 11.1 Å². The molecule has 37 heavy (non-hydrogen) atoms. The van der Waals surface area contributed by atoms with Gasteiger partial charge in [-0.3, -0.25) is 10.1 Å². The fourth-order valence-corrected chi connectivity index (χ4v) is 5.92. The SMILES string of the molecule is CC1CCC(Cn2c(N3CCCC3C(F)(F)F)nc3cc(-c4n[nH][nH]4)nc(-c4cncc(Cl)c4)c32)CC1. The average molecular weight is 533 g/mol. The van der Waals surface area contributed by atoms with Gasteiger partial charge in [-0.05, 0) is 49.7 Å². The highest BCUT2D eigenvalue weighted by atomic mass is 35.5. The van der Waals surface area contributed by atoms with Gasteiger partial charge in [-0.2, -0.15) is 13.2 Å².